The molecule has 0 aromatic heterocycles. The number of ether oxygens (including phenoxy) is 1. The van der Waals surface area contributed by atoms with Crippen LogP contribution in [-0.2, 0) is 9.59 Å². The van der Waals surface area contributed by atoms with Crippen molar-refractivity contribution in [2.75, 3.05) is 31.3 Å². The molecule has 2 amide bonds. The number of benzene rings is 2. The number of anilines is 2. The first-order chi connectivity index (χ1) is 13.8. The Morgan fingerprint density at radius 3 is 2.48 bits per heavy atom. The first kappa shape index (κ1) is 22.4. The molecule has 29 heavy (non-hydrogen) atoms. The first-order valence-corrected chi connectivity index (χ1v) is 10.0. The maximum Gasteiger partial charge on any atom is 0.282 e. The molecule has 0 aliphatic carbocycles. The minimum absolute atomic E-state index is 0.104. The molecule has 2 rings (SSSR count). The molecule has 0 bridgehead atoms. The molecule has 3 atom stereocenters. The molecular weight excluding hydrogens is 366 g/mol. The lowest BCUT2D eigenvalue weighted by atomic mass is 9.97. The number of amides is 2. The quantitative estimate of drug-likeness (QED) is 0.608. The van der Waals surface area contributed by atoms with Gasteiger partial charge in [0.05, 0.1) is 14.2 Å². The molecule has 2 aromatic carbocycles. The summed E-state index contributed by atoms with van der Waals surface area (Å²) in [5.41, 5.74) is 2.64. The molecule has 156 valence electrons. The lowest BCUT2D eigenvalue weighted by molar-refractivity contribution is -0.885. The van der Waals surface area contributed by atoms with Gasteiger partial charge in [-0.3, -0.25) is 9.59 Å². The van der Waals surface area contributed by atoms with Gasteiger partial charge in [0.15, 0.2) is 12.6 Å². The van der Waals surface area contributed by atoms with Crippen molar-refractivity contribution in [2.24, 2.45) is 0 Å². The van der Waals surface area contributed by atoms with E-state index >= 15 is 0 Å². The van der Waals surface area contributed by atoms with Crippen molar-refractivity contribution in [1.82, 2.24) is 0 Å². The predicted octanol–water partition coefficient (Wildman–Crippen LogP) is 2.69. The van der Waals surface area contributed by atoms with E-state index in [-0.39, 0.29) is 24.4 Å². The zero-order valence-electron chi connectivity index (χ0n) is 17.9. The molecule has 0 radical (unpaired) electrons. The number of carbonyl (C=O) groups excluding carboxylic acids is 2. The third kappa shape index (κ3) is 6.32. The van der Waals surface area contributed by atoms with Crippen LogP contribution in [0.25, 0.3) is 0 Å². The van der Waals surface area contributed by atoms with Gasteiger partial charge in [0.1, 0.15) is 5.75 Å². The minimum Gasteiger partial charge on any atom is -0.497 e. The van der Waals surface area contributed by atoms with Crippen LogP contribution in [0.5, 0.6) is 5.75 Å². The minimum atomic E-state index is -0.379. The number of hydrogen-bond donors (Lipinski definition) is 3. The van der Waals surface area contributed by atoms with E-state index in [1.54, 1.807) is 19.2 Å². The molecule has 0 aliphatic rings. The van der Waals surface area contributed by atoms with Gasteiger partial charge in [-0.1, -0.05) is 38.1 Å². The van der Waals surface area contributed by atoms with E-state index in [0.717, 1.165) is 22.6 Å². The summed E-state index contributed by atoms with van der Waals surface area (Å²) in [5, 5.41) is 5.89. The van der Waals surface area contributed by atoms with Crippen LogP contribution in [0.1, 0.15) is 38.7 Å². The number of carbonyl (C=O) groups is 2. The van der Waals surface area contributed by atoms with Crippen molar-refractivity contribution >= 4 is 23.2 Å². The second-order valence-corrected chi connectivity index (χ2v) is 7.41. The third-order valence-corrected chi connectivity index (χ3v) is 5.29. The highest BCUT2D eigenvalue weighted by Gasteiger charge is 2.25. The number of methoxy groups -OCH3 is 1. The van der Waals surface area contributed by atoms with E-state index in [2.05, 4.69) is 24.5 Å². The Bertz CT molecular complexity index is 838. The SMILES string of the molecule is CC[C@@H](C)c1ccccc1NC(=O)[C@@H](C)[NH+](C)CC(=O)Nc1cccc(OC)c1. The normalized spacial score (nSPS) is 13.8. The maximum atomic E-state index is 12.8. The van der Waals surface area contributed by atoms with E-state index in [1.165, 1.54) is 0 Å². The van der Waals surface area contributed by atoms with Crippen LogP contribution in [0.15, 0.2) is 48.5 Å². The second-order valence-electron chi connectivity index (χ2n) is 7.41. The Morgan fingerprint density at radius 1 is 1.07 bits per heavy atom. The lowest BCUT2D eigenvalue weighted by Gasteiger charge is -2.22. The van der Waals surface area contributed by atoms with Gasteiger partial charge in [0, 0.05) is 17.4 Å². The van der Waals surface area contributed by atoms with E-state index < -0.39 is 0 Å². The maximum absolute atomic E-state index is 12.8. The molecule has 6 nitrogen and oxygen atoms in total. The van der Waals surface area contributed by atoms with Crippen molar-refractivity contribution in [3.05, 3.63) is 54.1 Å². The van der Waals surface area contributed by atoms with Crippen molar-refractivity contribution in [3.8, 4) is 5.75 Å². The summed E-state index contributed by atoms with van der Waals surface area (Å²) in [6.45, 7) is 6.29. The number of para-hydroxylation sites is 1. The van der Waals surface area contributed by atoms with Crippen molar-refractivity contribution in [1.29, 1.82) is 0 Å². The van der Waals surface area contributed by atoms with Crippen molar-refractivity contribution in [3.63, 3.8) is 0 Å². The number of likely N-dealkylation sites (N-methyl/N-ethyl adjacent to an activating group) is 1. The van der Waals surface area contributed by atoms with Gasteiger partial charge >= 0.3 is 0 Å². The fourth-order valence-corrected chi connectivity index (χ4v) is 3.04. The molecule has 0 fully saturated rings. The number of hydrogen-bond acceptors (Lipinski definition) is 3. The van der Waals surface area contributed by atoms with E-state index in [9.17, 15) is 9.59 Å². The van der Waals surface area contributed by atoms with Crippen LogP contribution >= 0.6 is 0 Å². The Hall–Kier alpha value is -2.86. The van der Waals surface area contributed by atoms with Crippen LogP contribution in [-0.4, -0.2) is 38.6 Å². The molecule has 0 saturated heterocycles. The first-order valence-electron chi connectivity index (χ1n) is 10.0. The summed E-state index contributed by atoms with van der Waals surface area (Å²) in [4.78, 5) is 26.0. The zero-order valence-corrected chi connectivity index (χ0v) is 17.9. The molecule has 0 spiro atoms. The average Bonchev–Trinajstić information content (AvgIpc) is 2.72. The molecule has 0 saturated carbocycles. The van der Waals surface area contributed by atoms with E-state index in [0.29, 0.717) is 17.4 Å². The Labute approximate surface area is 173 Å². The van der Waals surface area contributed by atoms with Crippen LogP contribution in [0.3, 0.4) is 0 Å². The molecule has 3 N–H and O–H groups in total. The largest absolute Gasteiger partial charge is 0.497 e. The second kappa shape index (κ2) is 10.6. The predicted molar refractivity (Wildman–Crippen MR) is 117 cm³/mol. The lowest BCUT2D eigenvalue weighted by Crippen LogP contribution is -3.14. The van der Waals surface area contributed by atoms with Crippen LogP contribution in [0, 0.1) is 0 Å². The average molecular weight is 399 g/mol. The summed E-state index contributed by atoms with van der Waals surface area (Å²) in [7, 11) is 3.43. The van der Waals surface area contributed by atoms with Gasteiger partial charge in [-0.2, -0.15) is 0 Å². The van der Waals surface area contributed by atoms with Gasteiger partial charge in [-0.25, -0.2) is 0 Å². The summed E-state index contributed by atoms with van der Waals surface area (Å²) in [6.07, 6.45) is 0.998. The van der Waals surface area contributed by atoms with Crippen LogP contribution < -0.4 is 20.3 Å². The van der Waals surface area contributed by atoms with Gasteiger partial charge in [-0.05, 0) is 43.0 Å². The molecular formula is C23H32N3O3+. The van der Waals surface area contributed by atoms with Gasteiger partial charge in [0.2, 0.25) is 0 Å². The summed E-state index contributed by atoms with van der Waals surface area (Å²) < 4.78 is 5.17. The van der Waals surface area contributed by atoms with Crippen LogP contribution in [0.2, 0.25) is 0 Å². The summed E-state index contributed by atoms with van der Waals surface area (Å²) >= 11 is 0. The monoisotopic (exact) mass is 398 g/mol. The fraction of sp³-hybridized carbons (Fsp3) is 0.391. The van der Waals surface area contributed by atoms with Gasteiger partial charge < -0.3 is 20.3 Å². The molecule has 6 heteroatoms. The molecule has 0 aliphatic heterocycles. The molecule has 2 aromatic rings. The third-order valence-electron chi connectivity index (χ3n) is 5.29. The van der Waals surface area contributed by atoms with E-state index in [4.69, 9.17) is 4.74 Å². The van der Waals surface area contributed by atoms with E-state index in [1.807, 2.05) is 50.4 Å². The topological polar surface area (TPSA) is 71.9 Å². The van der Waals surface area contributed by atoms with Crippen LogP contribution in [0.4, 0.5) is 11.4 Å². The van der Waals surface area contributed by atoms with Crippen molar-refractivity contribution in [2.45, 2.75) is 39.2 Å². The highest BCUT2D eigenvalue weighted by Crippen LogP contribution is 2.26. The zero-order chi connectivity index (χ0) is 21.4. The number of nitrogens with one attached hydrogen (secondary N) is 3. The highest BCUT2D eigenvalue weighted by atomic mass is 16.5. The van der Waals surface area contributed by atoms with Gasteiger partial charge in [-0.15, -0.1) is 0 Å². The summed E-state index contributed by atoms with van der Waals surface area (Å²) in [6, 6.07) is 14.7. The number of rotatable bonds is 9. The number of quaternary nitrogens is 1. The Morgan fingerprint density at radius 2 is 1.79 bits per heavy atom. The Kier molecular flexibility index (Phi) is 8.21. The smallest absolute Gasteiger partial charge is 0.282 e. The van der Waals surface area contributed by atoms with Crippen molar-refractivity contribution < 1.29 is 19.2 Å². The van der Waals surface area contributed by atoms with Gasteiger partial charge in [0.25, 0.3) is 11.8 Å². The Balaban J connectivity index is 1.96. The standard InChI is InChI=1S/C23H31N3O3/c1-6-16(2)20-12-7-8-13-21(20)25-23(28)17(3)26(4)15-22(27)24-18-10-9-11-19(14-18)29-5/h7-14,16-17H,6,15H2,1-5H3,(H,24,27)(H,25,28)/p+1/t16-,17-/m1/s1. The molecule has 0 heterocycles. The molecule has 1 unspecified atom stereocenters. The highest BCUT2D eigenvalue weighted by molar-refractivity contribution is 5.95. The fourth-order valence-electron chi connectivity index (χ4n) is 3.04. The summed E-state index contributed by atoms with van der Waals surface area (Å²) in [5.74, 6) is 0.777.